The van der Waals surface area contributed by atoms with Gasteiger partial charge in [0, 0.05) is 21.4 Å². The highest BCUT2D eigenvalue weighted by Gasteiger charge is 2.07. The van der Waals surface area contributed by atoms with Crippen molar-refractivity contribution >= 4 is 35.0 Å². The van der Waals surface area contributed by atoms with Crippen LogP contribution in [0, 0.1) is 0 Å². The van der Waals surface area contributed by atoms with Crippen molar-refractivity contribution in [3.05, 3.63) is 58.1 Å². The lowest BCUT2D eigenvalue weighted by molar-refractivity contribution is 1.03. The molecule has 0 amide bonds. The Morgan fingerprint density at radius 1 is 1.00 bits per heavy atom. The van der Waals surface area contributed by atoms with E-state index in [1.807, 2.05) is 42.5 Å². The second-order valence-corrected chi connectivity index (χ2v) is 5.42. The Morgan fingerprint density at radius 3 is 2.35 bits per heavy atom. The highest BCUT2D eigenvalue weighted by Crippen LogP contribution is 2.36. The van der Waals surface area contributed by atoms with Gasteiger partial charge in [0.1, 0.15) is 0 Å². The van der Waals surface area contributed by atoms with Gasteiger partial charge in [-0.1, -0.05) is 47.1 Å². The predicted octanol–water partition coefficient (Wildman–Crippen LogP) is 4.60. The van der Waals surface area contributed by atoms with Gasteiger partial charge in [-0.15, -0.1) is 0 Å². The van der Waals surface area contributed by atoms with Gasteiger partial charge in [0.15, 0.2) is 0 Å². The van der Waals surface area contributed by atoms with E-state index in [-0.39, 0.29) is 0 Å². The Hall–Kier alpha value is -0.670. The van der Waals surface area contributed by atoms with Crippen LogP contribution in [0.4, 0.5) is 0 Å². The van der Waals surface area contributed by atoms with Crippen molar-refractivity contribution in [1.82, 2.24) is 0 Å². The SMILES string of the molecule is NCc1cccc(Cl)c1Sc1ccc(Cl)cc1. The predicted molar refractivity (Wildman–Crippen MR) is 74.9 cm³/mol. The number of hydrogen-bond acceptors (Lipinski definition) is 2. The fraction of sp³-hybridized carbons (Fsp3) is 0.0769. The molecule has 17 heavy (non-hydrogen) atoms. The molecule has 0 aromatic heterocycles. The van der Waals surface area contributed by atoms with Crippen LogP contribution in [-0.4, -0.2) is 0 Å². The summed E-state index contributed by atoms with van der Waals surface area (Å²) in [6.45, 7) is 0.483. The van der Waals surface area contributed by atoms with E-state index in [0.717, 1.165) is 25.4 Å². The molecule has 0 aliphatic heterocycles. The monoisotopic (exact) mass is 283 g/mol. The first kappa shape index (κ1) is 12.8. The largest absolute Gasteiger partial charge is 0.326 e. The molecular formula is C13H11Cl2NS. The first-order valence-electron chi connectivity index (χ1n) is 5.11. The van der Waals surface area contributed by atoms with Crippen LogP contribution in [0.15, 0.2) is 52.3 Å². The second kappa shape index (κ2) is 5.78. The van der Waals surface area contributed by atoms with Crippen molar-refractivity contribution in [1.29, 1.82) is 0 Å². The van der Waals surface area contributed by atoms with Gasteiger partial charge in [-0.2, -0.15) is 0 Å². The maximum absolute atomic E-state index is 6.19. The highest BCUT2D eigenvalue weighted by molar-refractivity contribution is 7.99. The van der Waals surface area contributed by atoms with Crippen LogP contribution < -0.4 is 5.73 Å². The average Bonchev–Trinajstić information content (AvgIpc) is 2.34. The van der Waals surface area contributed by atoms with Gasteiger partial charge in [-0.25, -0.2) is 0 Å². The molecule has 0 bridgehead atoms. The van der Waals surface area contributed by atoms with Crippen molar-refractivity contribution in [2.45, 2.75) is 16.3 Å². The van der Waals surface area contributed by atoms with Gasteiger partial charge < -0.3 is 5.73 Å². The molecule has 2 rings (SSSR count). The molecule has 4 heteroatoms. The third-order valence-corrected chi connectivity index (χ3v) is 4.18. The highest BCUT2D eigenvalue weighted by atomic mass is 35.5. The second-order valence-electron chi connectivity index (χ2n) is 3.49. The maximum atomic E-state index is 6.19. The zero-order valence-corrected chi connectivity index (χ0v) is 11.3. The Kier molecular flexibility index (Phi) is 4.35. The van der Waals surface area contributed by atoms with E-state index in [0.29, 0.717) is 6.54 Å². The molecule has 0 heterocycles. The molecule has 0 aliphatic rings. The van der Waals surface area contributed by atoms with Gasteiger partial charge >= 0.3 is 0 Å². The zero-order valence-electron chi connectivity index (χ0n) is 8.99. The topological polar surface area (TPSA) is 26.0 Å². The zero-order chi connectivity index (χ0) is 12.3. The van der Waals surface area contributed by atoms with Crippen molar-refractivity contribution in [2.75, 3.05) is 0 Å². The number of halogens is 2. The first-order chi connectivity index (χ1) is 8.20. The van der Waals surface area contributed by atoms with Gasteiger partial charge in [0.05, 0.1) is 5.02 Å². The Balaban J connectivity index is 2.32. The van der Waals surface area contributed by atoms with Gasteiger partial charge in [0.2, 0.25) is 0 Å². The van der Waals surface area contributed by atoms with Crippen LogP contribution in [0.2, 0.25) is 10.0 Å². The standard InChI is InChI=1S/C13H11Cl2NS/c14-10-4-6-11(7-5-10)17-13-9(8-16)2-1-3-12(13)15/h1-7H,8,16H2. The molecule has 0 atom stereocenters. The molecule has 88 valence electrons. The van der Waals surface area contributed by atoms with E-state index in [4.69, 9.17) is 28.9 Å². The van der Waals surface area contributed by atoms with Gasteiger partial charge in [-0.3, -0.25) is 0 Å². The number of nitrogens with two attached hydrogens (primary N) is 1. The average molecular weight is 284 g/mol. The Morgan fingerprint density at radius 2 is 1.71 bits per heavy atom. The molecule has 2 aromatic rings. The minimum atomic E-state index is 0.483. The summed E-state index contributed by atoms with van der Waals surface area (Å²) < 4.78 is 0. The summed E-state index contributed by atoms with van der Waals surface area (Å²) in [5.41, 5.74) is 6.76. The van der Waals surface area contributed by atoms with E-state index >= 15 is 0 Å². The van der Waals surface area contributed by atoms with Crippen LogP contribution in [-0.2, 0) is 6.54 Å². The molecule has 2 aromatic carbocycles. The van der Waals surface area contributed by atoms with E-state index in [2.05, 4.69) is 0 Å². The summed E-state index contributed by atoms with van der Waals surface area (Å²) >= 11 is 13.6. The quantitative estimate of drug-likeness (QED) is 0.891. The molecule has 0 radical (unpaired) electrons. The Bertz CT molecular complexity index is 511. The fourth-order valence-corrected chi connectivity index (χ4v) is 2.84. The molecule has 2 N–H and O–H groups in total. The normalized spacial score (nSPS) is 10.5. The van der Waals surface area contributed by atoms with E-state index in [1.165, 1.54) is 0 Å². The van der Waals surface area contributed by atoms with Crippen LogP contribution in [0.1, 0.15) is 5.56 Å². The van der Waals surface area contributed by atoms with Gasteiger partial charge in [-0.05, 0) is 35.9 Å². The third-order valence-electron chi connectivity index (χ3n) is 2.30. The molecule has 0 saturated heterocycles. The van der Waals surface area contributed by atoms with E-state index < -0.39 is 0 Å². The van der Waals surface area contributed by atoms with Crippen molar-refractivity contribution in [3.8, 4) is 0 Å². The van der Waals surface area contributed by atoms with Crippen LogP contribution in [0.5, 0.6) is 0 Å². The van der Waals surface area contributed by atoms with Crippen molar-refractivity contribution in [2.24, 2.45) is 5.73 Å². The van der Waals surface area contributed by atoms with E-state index in [1.54, 1.807) is 11.8 Å². The first-order valence-corrected chi connectivity index (χ1v) is 6.69. The molecule has 0 saturated carbocycles. The minimum absolute atomic E-state index is 0.483. The summed E-state index contributed by atoms with van der Waals surface area (Å²) in [6, 6.07) is 13.4. The number of rotatable bonds is 3. The van der Waals surface area contributed by atoms with Crippen LogP contribution in [0.3, 0.4) is 0 Å². The lowest BCUT2D eigenvalue weighted by Crippen LogP contribution is -1.98. The summed E-state index contributed by atoms with van der Waals surface area (Å²) in [6.07, 6.45) is 0. The molecular weight excluding hydrogens is 273 g/mol. The summed E-state index contributed by atoms with van der Waals surface area (Å²) in [5.74, 6) is 0. The summed E-state index contributed by atoms with van der Waals surface area (Å²) in [7, 11) is 0. The molecule has 0 aliphatic carbocycles. The summed E-state index contributed by atoms with van der Waals surface area (Å²) in [4.78, 5) is 2.11. The smallest absolute Gasteiger partial charge is 0.0548 e. The van der Waals surface area contributed by atoms with Crippen molar-refractivity contribution < 1.29 is 0 Å². The number of benzene rings is 2. The minimum Gasteiger partial charge on any atom is -0.326 e. The fourth-order valence-electron chi connectivity index (χ4n) is 1.45. The maximum Gasteiger partial charge on any atom is 0.0548 e. The molecule has 1 nitrogen and oxygen atoms in total. The molecule has 0 spiro atoms. The summed E-state index contributed by atoms with van der Waals surface area (Å²) in [5, 5.41) is 1.46. The third kappa shape index (κ3) is 3.17. The molecule has 0 unspecified atom stereocenters. The Labute approximate surface area is 115 Å². The molecule has 0 fully saturated rings. The van der Waals surface area contributed by atoms with Crippen molar-refractivity contribution in [3.63, 3.8) is 0 Å². The van der Waals surface area contributed by atoms with Crippen LogP contribution >= 0.6 is 35.0 Å². The lowest BCUT2D eigenvalue weighted by atomic mass is 10.2. The number of hydrogen-bond donors (Lipinski definition) is 1. The van der Waals surface area contributed by atoms with Gasteiger partial charge in [0.25, 0.3) is 0 Å². The van der Waals surface area contributed by atoms with Crippen LogP contribution in [0.25, 0.3) is 0 Å². The lowest BCUT2D eigenvalue weighted by Gasteiger charge is -2.09. The van der Waals surface area contributed by atoms with E-state index in [9.17, 15) is 0 Å².